The zero-order valence-electron chi connectivity index (χ0n) is 15.5. The van der Waals surface area contributed by atoms with Crippen LogP contribution in [0.1, 0.15) is 28.8 Å². The third-order valence-corrected chi connectivity index (χ3v) is 5.86. The summed E-state index contributed by atoms with van der Waals surface area (Å²) < 4.78 is 65.4. The van der Waals surface area contributed by atoms with Gasteiger partial charge in [-0.2, -0.15) is 13.2 Å². The summed E-state index contributed by atoms with van der Waals surface area (Å²) in [6.45, 7) is 0.552. The Morgan fingerprint density at radius 2 is 1.80 bits per heavy atom. The fourth-order valence-electron chi connectivity index (χ4n) is 2.91. The largest absolute Gasteiger partial charge is 0.416 e. The number of amides is 2. The van der Waals surface area contributed by atoms with Gasteiger partial charge in [-0.15, -0.1) is 0 Å². The molecule has 0 spiro atoms. The molecule has 0 bridgehead atoms. The van der Waals surface area contributed by atoms with E-state index in [2.05, 4.69) is 15.4 Å². The lowest BCUT2D eigenvalue weighted by Crippen LogP contribution is -2.50. The zero-order chi connectivity index (χ0) is 21.9. The van der Waals surface area contributed by atoms with E-state index < -0.39 is 33.7 Å². The van der Waals surface area contributed by atoms with Crippen LogP contribution >= 0.6 is 0 Å². The monoisotopic (exact) mass is 441 g/mol. The number of piperidine rings is 1. The average Bonchev–Trinajstić information content (AvgIpc) is 2.69. The minimum atomic E-state index is -4.61. The normalized spacial score (nSPS) is 17.2. The molecule has 2 aromatic carbocycles. The van der Waals surface area contributed by atoms with Gasteiger partial charge in [-0.05, 0) is 55.3 Å². The van der Waals surface area contributed by atoms with E-state index >= 15 is 0 Å². The Hall–Kier alpha value is -3.08. The fraction of sp³-hybridized carbons (Fsp3) is 0.263. The predicted molar refractivity (Wildman–Crippen MR) is 102 cm³/mol. The molecule has 1 aliphatic rings. The highest BCUT2D eigenvalue weighted by Gasteiger charge is 2.31. The molecule has 3 rings (SSSR count). The van der Waals surface area contributed by atoms with Crippen molar-refractivity contribution in [1.82, 2.24) is 10.6 Å². The molecule has 1 atom stereocenters. The van der Waals surface area contributed by atoms with E-state index in [0.29, 0.717) is 19.0 Å². The summed E-state index contributed by atoms with van der Waals surface area (Å²) in [6, 6.07) is 7.99. The summed E-state index contributed by atoms with van der Waals surface area (Å²) in [5.74, 6) is -0.814. The highest BCUT2D eigenvalue weighted by molar-refractivity contribution is 7.92. The lowest BCUT2D eigenvalue weighted by Gasteiger charge is -2.22. The number of nitrogens with one attached hydrogen (secondary N) is 3. The van der Waals surface area contributed by atoms with Gasteiger partial charge in [0.25, 0.3) is 15.9 Å². The van der Waals surface area contributed by atoms with Crippen LogP contribution in [0.3, 0.4) is 0 Å². The van der Waals surface area contributed by atoms with Crippen LogP contribution in [0.4, 0.5) is 18.9 Å². The summed E-state index contributed by atoms with van der Waals surface area (Å²) in [5, 5.41) is 5.22. The predicted octanol–water partition coefficient (Wildman–Crippen LogP) is 2.51. The minimum absolute atomic E-state index is 0.145. The third-order valence-electron chi connectivity index (χ3n) is 4.46. The third kappa shape index (κ3) is 5.09. The van der Waals surface area contributed by atoms with Gasteiger partial charge < -0.3 is 10.6 Å². The van der Waals surface area contributed by atoms with Crippen molar-refractivity contribution >= 4 is 27.5 Å². The van der Waals surface area contributed by atoms with Gasteiger partial charge in [0.2, 0.25) is 5.91 Å². The molecule has 160 valence electrons. The fourth-order valence-corrected chi connectivity index (χ4v) is 3.96. The Morgan fingerprint density at radius 3 is 2.43 bits per heavy atom. The molecular formula is C19H18F3N3O4S. The lowest BCUT2D eigenvalue weighted by molar-refractivity contribution is -0.137. The van der Waals surface area contributed by atoms with Gasteiger partial charge in [0.1, 0.15) is 6.04 Å². The summed E-state index contributed by atoms with van der Waals surface area (Å²) in [7, 11) is -4.17. The van der Waals surface area contributed by atoms with Gasteiger partial charge in [-0.1, -0.05) is 6.07 Å². The van der Waals surface area contributed by atoms with Crippen molar-refractivity contribution < 1.29 is 31.2 Å². The molecule has 1 fully saturated rings. The van der Waals surface area contributed by atoms with Gasteiger partial charge in [0.05, 0.1) is 10.5 Å². The number of carbonyl (C=O) groups is 2. The van der Waals surface area contributed by atoms with E-state index in [9.17, 15) is 31.2 Å². The Labute approximate surface area is 170 Å². The SMILES string of the molecule is O=C(NC1CCCNC1=O)c1ccc(S(=O)(=O)Nc2cccc(C(F)(F)F)c2)cc1. The molecule has 1 heterocycles. The van der Waals surface area contributed by atoms with E-state index in [0.717, 1.165) is 30.7 Å². The molecule has 1 aliphatic heterocycles. The smallest absolute Gasteiger partial charge is 0.354 e. The molecule has 30 heavy (non-hydrogen) atoms. The van der Waals surface area contributed by atoms with Crippen molar-refractivity contribution in [1.29, 1.82) is 0 Å². The van der Waals surface area contributed by atoms with Crippen LogP contribution in [0.25, 0.3) is 0 Å². The van der Waals surface area contributed by atoms with Crippen LogP contribution in [0.5, 0.6) is 0 Å². The van der Waals surface area contributed by atoms with Crippen LogP contribution in [0, 0.1) is 0 Å². The second-order valence-corrected chi connectivity index (χ2v) is 8.35. The summed E-state index contributed by atoms with van der Waals surface area (Å²) in [4.78, 5) is 23.8. The van der Waals surface area contributed by atoms with Gasteiger partial charge >= 0.3 is 6.18 Å². The number of hydrogen-bond donors (Lipinski definition) is 3. The second kappa shape index (κ2) is 8.34. The molecule has 0 aliphatic carbocycles. The maximum Gasteiger partial charge on any atom is 0.416 e. The second-order valence-electron chi connectivity index (χ2n) is 6.67. The molecule has 2 aromatic rings. The first kappa shape index (κ1) is 21.6. The van der Waals surface area contributed by atoms with Crippen molar-refractivity contribution in [3.05, 3.63) is 59.7 Å². The van der Waals surface area contributed by atoms with Crippen molar-refractivity contribution in [2.24, 2.45) is 0 Å². The Morgan fingerprint density at radius 1 is 1.10 bits per heavy atom. The summed E-state index contributed by atoms with van der Waals surface area (Å²) in [5.41, 5.74) is -1.08. The first-order valence-corrected chi connectivity index (χ1v) is 10.4. The molecule has 3 N–H and O–H groups in total. The van der Waals surface area contributed by atoms with E-state index in [1.807, 2.05) is 0 Å². The number of sulfonamides is 1. The Kier molecular flexibility index (Phi) is 6.01. The molecule has 0 radical (unpaired) electrons. The molecule has 2 amide bonds. The lowest BCUT2D eigenvalue weighted by atomic mass is 10.1. The average molecular weight is 441 g/mol. The Balaban J connectivity index is 1.72. The molecule has 11 heteroatoms. The standard InChI is InChI=1S/C19H18F3N3O4S/c20-19(21,22)13-3-1-4-14(11-13)25-30(28,29)15-8-6-12(7-9-15)17(26)24-16-5-2-10-23-18(16)27/h1,3-4,6-9,11,16,25H,2,5,10H2,(H,23,27)(H,24,26). The number of carbonyl (C=O) groups excluding carboxylic acids is 2. The maximum absolute atomic E-state index is 12.8. The van der Waals surface area contributed by atoms with Crippen LogP contribution in [0.2, 0.25) is 0 Å². The van der Waals surface area contributed by atoms with Crippen LogP contribution < -0.4 is 15.4 Å². The highest BCUT2D eigenvalue weighted by atomic mass is 32.2. The van der Waals surface area contributed by atoms with Gasteiger partial charge in [0.15, 0.2) is 0 Å². The van der Waals surface area contributed by atoms with Crippen LogP contribution in [-0.2, 0) is 21.0 Å². The summed E-state index contributed by atoms with van der Waals surface area (Å²) >= 11 is 0. The van der Waals surface area contributed by atoms with Crippen molar-refractivity contribution in [3.63, 3.8) is 0 Å². The number of benzene rings is 2. The number of anilines is 1. The van der Waals surface area contributed by atoms with Crippen LogP contribution in [0.15, 0.2) is 53.4 Å². The van der Waals surface area contributed by atoms with Gasteiger partial charge in [-0.3, -0.25) is 14.3 Å². The van der Waals surface area contributed by atoms with E-state index in [-0.39, 0.29) is 22.1 Å². The molecule has 1 unspecified atom stereocenters. The zero-order valence-corrected chi connectivity index (χ0v) is 16.3. The minimum Gasteiger partial charge on any atom is -0.354 e. The van der Waals surface area contributed by atoms with Crippen molar-refractivity contribution in [2.75, 3.05) is 11.3 Å². The number of rotatable bonds is 5. The topological polar surface area (TPSA) is 104 Å². The number of hydrogen-bond acceptors (Lipinski definition) is 4. The molecule has 1 saturated heterocycles. The number of alkyl halides is 3. The first-order valence-electron chi connectivity index (χ1n) is 8.95. The highest BCUT2D eigenvalue weighted by Crippen LogP contribution is 2.31. The Bertz CT molecular complexity index is 1050. The van der Waals surface area contributed by atoms with Crippen molar-refractivity contribution in [2.45, 2.75) is 30.0 Å². The molecule has 7 nitrogen and oxygen atoms in total. The maximum atomic E-state index is 12.8. The first-order chi connectivity index (χ1) is 14.1. The van der Waals surface area contributed by atoms with Gasteiger partial charge in [-0.25, -0.2) is 8.42 Å². The van der Waals surface area contributed by atoms with E-state index in [1.54, 1.807) is 0 Å². The van der Waals surface area contributed by atoms with E-state index in [1.165, 1.54) is 18.2 Å². The van der Waals surface area contributed by atoms with Crippen molar-refractivity contribution in [3.8, 4) is 0 Å². The molecule has 0 saturated carbocycles. The number of halogens is 3. The quantitative estimate of drug-likeness (QED) is 0.663. The van der Waals surface area contributed by atoms with Gasteiger partial charge in [0, 0.05) is 17.8 Å². The van der Waals surface area contributed by atoms with Crippen LogP contribution in [-0.4, -0.2) is 32.8 Å². The summed E-state index contributed by atoms with van der Waals surface area (Å²) in [6.07, 6.45) is -3.37. The molecular weight excluding hydrogens is 423 g/mol. The van der Waals surface area contributed by atoms with E-state index in [4.69, 9.17) is 0 Å². The molecule has 0 aromatic heterocycles.